The quantitative estimate of drug-likeness (QED) is 0.147. The third kappa shape index (κ3) is 8.06. The Morgan fingerprint density at radius 3 is 2.46 bits per heavy atom. The van der Waals surface area contributed by atoms with Gasteiger partial charge in [-0.05, 0) is 19.3 Å². The Morgan fingerprint density at radius 2 is 1.89 bits per heavy atom. The molecule has 1 aromatic rings. The minimum Gasteiger partial charge on any atom is -0.481 e. The molecule has 9 N–H and O–H groups in total. The molecule has 1 saturated heterocycles. The van der Waals surface area contributed by atoms with Gasteiger partial charge in [-0.15, -0.1) is 0 Å². The van der Waals surface area contributed by atoms with Gasteiger partial charge >= 0.3 is 11.9 Å². The number of nitrogens with two attached hydrogens (primary N) is 2. The monoisotopic (exact) mass is 495 g/mol. The predicted molar refractivity (Wildman–Crippen MR) is 117 cm³/mol. The first-order valence-corrected chi connectivity index (χ1v) is 10.9. The van der Waals surface area contributed by atoms with Gasteiger partial charge in [0.1, 0.15) is 18.1 Å². The molecule has 15 nitrogen and oxygen atoms in total. The molecule has 0 aliphatic carbocycles. The maximum absolute atomic E-state index is 13.4. The van der Waals surface area contributed by atoms with Crippen molar-refractivity contribution in [3.63, 3.8) is 0 Å². The summed E-state index contributed by atoms with van der Waals surface area (Å²) in [7, 11) is 0. The number of nitrogens with one attached hydrogen (secondary N) is 3. The maximum Gasteiger partial charge on any atom is 0.326 e. The minimum absolute atomic E-state index is 0.0188. The largest absolute Gasteiger partial charge is 0.481 e. The lowest BCUT2D eigenvalue weighted by Gasteiger charge is -2.29. The van der Waals surface area contributed by atoms with E-state index in [1.54, 1.807) is 0 Å². The molecular weight excluding hydrogens is 466 g/mol. The second-order valence-corrected chi connectivity index (χ2v) is 8.14. The summed E-state index contributed by atoms with van der Waals surface area (Å²) in [6.07, 6.45) is 2.28. The molecular formula is C20H29N7O8. The van der Waals surface area contributed by atoms with Crippen LogP contribution in [0.2, 0.25) is 0 Å². The fraction of sp³-hybridized carbons (Fsp3) is 0.550. The lowest BCUT2D eigenvalue weighted by Crippen LogP contribution is -2.57. The summed E-state index contributed by atoms with van der Waals surface area (Å²) in [5.74, 6) is -5.56. The van der Waals surface area contributed by atoms with Crippen molar-refractivity contribution in [3.05, 3.63) is 18.2 Å². The number of carboxylic acids is 2. The van der Waals surface area contributed by atoms with E-state index in [4.69, 9.17) is 16.6 Å². The molecule has 1 aliphatic heterocycles. The number of carbonyl (C=O) groups excluding carboxylic acids is 4. The van der Waals surface area contributed by atoms with Crippen LogP contribution >= 0.6 is 0 Å². The fourth-order valence-electron chi connectivity index (χ4n) is 3.70. The van der Waals surface area contributed by atoms with Gasteiger partial charge in [-0.2, -0.15) is 0 Å². The molecule has 2 rings (SSSR count). The van der Waals surface area contributed by atoms with Crippen molar-refractivity contribution < 1.29 is 39.0 Å². The number of hydrogen-bond donors (Lipinski definition) is 7. The number of H-pyrrole nitrogens is 1. The van der Waals surface area contributed by atoms with Crippen LogP contribution in [0, 0.1) is 0 Å². The van der Waals surface area contributed by atoms with Crippen LogP contribution in [0.3, 0.4) is 0 Å². The molecule has 1 fully saturated rings. The molecule has 35 heavy (non-hydrogen) atoms. The van der Waals surface area contributed by atoms with Gasteiger partial charge < -0.3 is 42.2 Å². The third-order valence-electron chi connectivity index (χ3n) is 5.45. The van der Waals surface area contributed by atoms with Crippen LogP contribution < -0.4 is 22.1 Å². The van der Waals surface area contributed by atoms with Crippen molar-refractivity contribution in [1.82, 2.24) is 25.5 Å². The summed E-state index contributed by atoms with van der Waals surface area (Å²) in [4.78, 5) is 79.9. The Balaban J connectivity index is 2.16. The van der Waals surface area contributed by atoms with Crippen molar-refractivity contribution in [2.45, 2.75) is 62.7 Å². The van der Waals surface area contributed by atoms with E-state index in [0.717, 1.165) is 0 Å². The zero-order valence-corrected chi connectivity index (χ0v) is 18.8. The van der Waals surface area contributed by atoms with Gasteiger partial charge in [-0.25, -0.2) is 9.78 Å². The van der Waals surface area contributed by atoms with Crippen LogP contribution in [0.1, 0.15) is 37.8 Å². The maximum atomic E-state index is 13.4. The SMILES string of the molecule is NC(=O)CC(N)C(=O)NC(Cc1cnc[nH]1)C(=O)N1CCCC1C(=O)NC(CCC(=O)O)C(=O)O. The van der Waals surface area contributed by atoms with Crippen LogP contribution in [-0.2, 0) is 35.2 Å². The summed E-state index contributed by atoms with van der Waals surface area (Å²) >= 11 is 0. The first-order chi connectivity index (χ1) is 16.5. The molecule has 192 valence electrons. The fourth-order valence-corrected chi connectivity index (χ4v) is 3.70. The van der Waals surface area contributed by atoms with Crippen molar-refractivity contribution in [2.75, 3.05) is 6.54 Å². The number of nitrogens with zero attached hydrogens (tertiary/aromatic N) is 2. The third-order valence-corrected chi connectivity index (χ3v) is 5.45. The zero-order chi connectivity index (χ0) is 26.1. The molecule has 4 unspecified atom stereocenters. The average molecular weight is 495 g/mol. The number of imidazole rings is 1. The standard InChI is InChI=1S/C20H29N7O8/c21-11(7-15(22)28)17(31)26-13(6-10-8-23-9-24-10)19(33)27-5-1-2-14(27)18(32)25-12(20(34)35)3-4-16(29)30/h8-9,11-14H,1-7,21H2,(H2,22,28)(H,23,24)(H,25,32)(H,26,31)(H,29,30)(H,34,35). The number of hydrogen-bond acceptors (Lipinski definition) is 8. The number of rotatable bonds is 13. The molecule has 0 spiro atoms. The lowest BCUT2D eigenvalue weighted by molar-refractivity contribution is -0.145. The van der Waals surface area contributed by atoms with E-state index in [2.05, 4.69) is 20.6 Å². The highest BCUT2D eigenvalue weighted by atomic mass is 16.4. The number of carbonyl (C=O) groups is 6. The number of aliphatic carboxylic acids is 2. The first kappa shape index (κ1) is 27.2. The van der Waals surface area contributed by atoms with Crippen LogP contribution in [-0.4, -0.2) is 91.4 Å². The molecule has 1 aliphatic rings. The molecule has 0 saturated carbocycles. The summed E-state index contributed by atoms with van der Waals surface area (Å²) in [5, 5.41) is 22.9. The Kier molecular flexibility index (Phi) is 9.69. The second kappa shape index (κ2) is 12.5. The van der Waals surface area contributed by atoms with Crippen molar-refractivity contribution in [1.29, 1.82) is 0 Å². The van der Waals surface area contributed by atoms with E-state index in [1.165, 1.54) is 17.4 Å². The Bertz CT molecular complexity index is 951. The van der Waals surface area contributed by atoms with E-state index < -0.39 is 72.6 Å². The van der Waals surface area contributed by atoms with Gasteiger partial charge in [0.05, 0.1) is 18.8 Å². The van der Waals surface area contributed by atoms with Crippen LogP contribution in [0.25, 0.3) is 0 Å². The zero-order valence-electron chi connectivity index (χ0n) is 18.8. The van der Waals surface area contributed by atoms with Crippen molar-refractivity contribution in [2.24, 2.45) is 11.5 Å². The van der Waals surface area contributed by atoms with Crippen LogP contribution in [0.15, 0.2) is 12.5 Å². The summed E-state index contributed by atoms with van der Waals surface area (Å²) < 4.78 is 0. The van der Waals surface area contributed by atoms with Gasteiger partial charge in [-0.1, -0.05) is 0 Å². The first-order valence-electron chi connectivity index (χ1n) is 10.9. The van der Waals surface area contributed by atoms with E-state index in [0.29, 0.717) is 12.1 Å². The normalized spacial score (nSPS) is 17.7. The van der Waals surface area contributed by atoms with E-state index in [9.17, 15) is 33.9 Å². The topological polar surface area (TPSA) is 251 Å². The number of amides is 4. The highest BCUT2D eigenvalue weighted by molar-refractivity contribution is 5.95. The Hall–Kier alpha value is -4.01. The summed E-state index contributed by atoms with van der Waals surface area (Å²) in [6, 6.07) is -4.91. The van der Waals surface area contributed by atoms with Gasteiger partial charge in [0.25, 0.3) is 0 Å². The Morgan fingerprint density at radius 1 is 1.17 bits per heavy atom. The summed E-state index contributed by atoms with van der Waals surface area (Å²) in [5.41, 5.74) is 11.3. The van der Waals surface area contributed by atoms with Crippen molar-refractivity contribution in [3.8, 4) is 0 Å². The Labute approximate surface area is 199 Å². The van der Waals surface area contributed by atoms with E-state index in [-0.39, 0.29) is 25.8 Å². The molecule has 4 amide bonds. The molecule has 0 bridgehead atoms. The van der Waals surface area contributed by atoms with E-state index in [1.807, 2.05) is 0 Å². The number of likely N-dealkylation sites (tertiary alicyclic amines) is 1. The van der Waals surface area contributed by atoms with Crippen LogP contribution in [0.4, 0.5) is 0 Å². The molecule has 0 radical (unpaired) electrons. The highest BCUT2D eigenvalue weighted by Crippen LogP contribution is 2.20. The van der Waals surface area contributed by atoms with Gasteiger partial charge in [0.15, 0.2) is 0 Å². The molecule has 2 heterocycles. The van der Waals surface area contributed by atoms with Crippen molar-refractivity contribution >= 4 is 35.6 Å². The number of primary amides is 1. The number of aromatic amines is 1. The van der Waals surface area contributed by atoms with Crippen LogP contribution in [0.5, 0.6) is 0 Å². The molecule has 1 aromatic heterocycles. The van der Waals surface area contributed by atoms with Gasteiger partial charge in [-0.3, -0.25) is 24.0 Å². The number of aromatic nitrogens is 2. The molecule has 0 aromatic carbocycles. The smallest absolute Gasteiger partial charge is 0.326 e. The van der Waals surface area contributed by atoms with E-state index >= 15 is 0 Å². The molecule has 15 heteroatoms. The lowest BCUT2D eigenvalue weighted by atomic mass is 10.1. The second-order valence-electron chi connectivity index (χ2n) is 8.14. The van der Waals surface area contributed by atoms with Gasteiger partial charge in [0.2, 0.25) is 23.6 Å². The summed E-state index contributed by atoms with van der Waals surface area (Å²) in [6.45, 7) is 0.173. The average Bonchev–Trinajstić information content (AvgIpc) is 3.46. The predicted octanol–water partition coefficient (Wildman–Crippen LogP) is -2.94. The minimum atomic E-state index is -1.44. The molecule has 4 atom stereocenters. The highest BCUT2D eigenvalue weighted by Gasteiger charge is 2.39. The van der Waals surface area contributed by atoms with Gasteiger partial charge in [0, 0.05) is 31.3 Å². The number of carboxylic acid groups (broad SMARTS) is 2.